The van der Waals surface area contributed by atoms with Gasteiger partial charge in [0.25, 0.3) is 0 Å². The van der Waals surface area contributed by atoms with E-state index in [9.17, 15) is 4.79 Å². The Morgan fingerprint density at radius 2 is 2.27 bits per heavy atom. The Hall–Kier alpha value is -2.42. The Labute approximate surface area is 152 Å². The average molecular weight is 362 g/mol. The molecule has 3 atom stereocenters. The molecule has 142 valence electrons. The first kappa shape index (κ1) is 18.4. The first-order chi connectivity index (χ1) is 12.4. The Bertz CT molecular complexity index is 790. The highest BCUT2D eigenvalue weighted by Gasteiger charge is 2.35. The number of ether oxygens (including phenoxy) is 2. The molecule has 1 aliphatic rings. The Kier molecular flexibility index (Phi) is 5.26. The molecule has 0 radical (unpaired) electrons. The highest BCUT2D eigenvalue weighted by molar-refractivity contribution is 5.84. The molecule has 9 nitrogen and oxygen atoms in total. The van der Waals surface area contributed by atoms with E-state index in [-0.39, 0.29) is 42.7 Å². The van der Waals surface area contributed by atoms with Crippen LogP contribution in [0.4, 0.5) is 11.8 Å². The maximum atomic E-state index is 11.8. The number of hydrogen-bond donors (Lipinski definition) is 2. The van der Waals surface area contributed by atoms with E-state index >= 15 is 0 Å². The van der Waals surface area contributed by atoms with Crippen LogP contribution in [0.25, 0.3) is 11.2 Å². The molecule has 2 aromatic rings. The molecule has 1 fully saturated rings. The number of carbonyl (C=O) groups is 1. The maximum absolute atomic E-state index is 11.8. The smallest absolute Gasteiger partial charge is 0.306 e. The minimum atomic E-state index is -0.243. The van der Waals surface area contributed by atoms with Crippen molar-refractivity contribution in [1.82, 2.24) is 19.5 Å². The monoisotopic (exact) mass is 362 g/mol. The van der Waals surface area contributed by atoms with Crippen molar-refractivity contribution in [3.8, 4) is 0 Å². The van der Waals surface area contributed by atoms with Gasteiger partial charge < -0.3 is 20.5 Å². The van der Waals surface area contributed by atoms with Gasteiger partial charge in [-0.05, 0) is 12.3 Å². The van der Waals surface area contributed by atoms with Gasteiger partial charge >= 0.3 is 5.97 Å². The van der Waals surface area contributed by atoms with Gasteiger partial charge in [-0.15, -0.1) is 0 Å². The van der Waals surface area contributed by atoms with Gasteiger partial charge in [0.15, 0.2) is 17.0 Å². The van der Waals surface area contributed by atoms with Gasteiger partial charge in [-0.2, -0.15) is 9.97 Å². The molecule has 0 aliphatic carbocycles. The van der Waals surface area contributed by atoms with Crippen molar-refractivity contribution in [2.24, 2.45) is 11.8 Å². The Morgan fingerprint density at radius 1 is 1.50 bits per heavy atom. The molecule has 3 N–H and O–H groups in total. The van der Waals surface area contributed by atoms with Crippen molar-refractivity contribution >= 4 is 28.9 Å². The van der Waals surface area contributed by atoms with E-state index in [0.29, 0.717) is 23.4 Å². The zero-order chi connectivity index (χ0) is 18.8. The summed E-state index contributed by atoms with van der Waals surface area (Å²) < 4.78 is 13.3. The number of aromatic nitrogens is 4. The zero-order valence-corrected chi connectivity index (χ0v) is 15.6. The molecule has 0 aromatic carbocycles. The summed E-state index contributed by atoms with van der Waals surface area (Å²) in [4.78, 5) is 24.6. The minimum absolute atomic E-state index is 0.147. The first-order valence-corrected chi connectivity index (χ1v) is 8.88. The van der Waals surface area contributed by atoms with Crippen molar-refractivity contribution in [3.63, 3.8) is 0 Å². The standard InChI is InChI=1S/C17H26N6O3/c1-9(2)5-12(24)25-7-11-6-10(3)16(26-11)23-8-20-13-14(19-4)21-17(18)22-15(13)23/h8-11,16H,5-7H2,1-4H3,(H3,18,19,21,22). The van der Waals surface area contributed by atoms with Gasteiger partial charge in [0, 0.05) is 19.4 Å². The van der Waals surface area contributed by atoms with Crippen LogP contribution in [0.1, 0.15) is 39.8 Å². The SMILES string of the molecule is CNc1nc(N)nc2c1ncn2C1OC(COC(=O)CC(C)C)CC1C. The van der Waals surface area contributed by atoms with Crippen molar-refractivity contribution in [1.29, 1.82) is 0 Å². The number of imidazole rings is 1. The molecular weight excluding hydrogens is 336 g/mol. The molecule has 1 saturated heterocycles. The maximum Gasteiger partial charge on any atom is 0.306 e. The van der Waals surface area contributed by atoms with Crippen LogP contribution in [0.2, 0.25) is 0 Å². The van der Waals surface area contributed by atoms with E-state index < -0.39 is 0 Å². The number of nitrogens with zero attached hydrogens (tertiary/aromatic N) is 4. The van der Waals surface area contributed by atoms with Crippen LogP contribution in [0.5, 0.6) is 0 Å². The van der Waals surface area contributed by atoms with E-state index in [2.05, 4.69) is 27.2 Å². The minimum Gasteiger partial charge on any atom is -0.463 e. The molecule has 0 bridgehead atoms. The fourth-order valence-corrected chi connectivity index (χ4v) is 3.24. The van der Waals surface area contributed by atoms with Crippen LogP contribution < -0.4 is 11.1 Å². The van der Waals surface area contributed by atoms with Crippen LogP contribution in [0.3, 0.4) is 0 Å². The molecule has 0 saturated carbocycles. The topological polar surface area (TPSA) is 117 Å². The third-order valence-electron chi connectivity index (χ3n) is 4.41. The Balaban J connectivity index is 1.73. The molecule has 0 amide bonds. The van der Waals surface area contributed by atoms with Crippen LogP contribution in [0, 0.1) is 11.8 Å². The summed E-state index contributed by atoms with van der Waals surface area (Å²) in [6, 6.07) is 0. The van der Waals surface area contributed by atoms with Gasteiger partial charge in [-0.25, -0.2) is 4.98 Å². The van der Waals surface area contributed by atoms with Gasteiger partial charge in [0.05, 0.1) is 12.4 Å². The van der Waals surface area contributed by atoms with Crippen molar-refractivity contribution in [2.75, 3.05) is 24.7 Å². The third kappa shape index (κ3) is 3.72. The molecule has 3 heterocycles. The summed E-state index contributed by atoms with van der Waals surface area (Å²) in [5, 5.41) is 2.98. The number of nitrogens with one attached hydrogen (secondary N) is 1. The number of fused-ring (bicyclic) bond motifs is 1. The summed E-state index contributed by atoms with van der Waals surface area (Å²) in [6.07, 6.45) is 2.51. The number of anilines is 2. The van der Waals surface area contributed by atoms with Gasteiger partial charge in [0.2, 0.25) is 5.95 Å². The number of nitrogen functional groups attached to an aromatic ring is 1. The van der Waals surface area contributed by atoms with E-state index in [4.69, 9.17) is 15.2 Å². The van der Waals surface area contributed by atoms with Crippen LogP contribution in [0.15, 0.2) is 6.33 Å². The number of rotatable bonds is 6. The zero-order valence-electron chi connectivity index (χ0n) is 15.6. The average Bonchev–Trinajstić information content (AvgIpc) is 3.14. The number of nitrogens with two attached hydrogens (primary N) is 1. The lowest BCUT2D eigenvalue weighted by Crippen LogP contribution is -2.20. The van der Waals surface area contributed by atoms with Gasteiger partial charge in [-0.3, -0.25) is 9.36 Å². The predicted octanol–water partition coefficient (Wildman–Crippen LogP) is 1.96. The fourth-order valence-electron chi connectivity index (χ4n) is 3.24. The molecule has 3 rings (SSSR count). The second-order valence-electron chi connectivity index (χ2n) is 7.15. The van der Waals surface area contributed by atoms with Crippen molar-refractivity contribution in [2.45, 2.75) is 45.9 Å². The number of carbonyl (C=O) groups excluding carboxylic acids is 1. The van der Waals surface area contributed by atoms with Crippen LogP contribution >= 0.6 is 0 Å². The highest BCUT2D eigenvalue weighted by Crippen LogP contribution is 2.36. The van der Waals surface area contributed by atoms with Crippen molar-refractivity contribution in [3.05, 3.63) is 6.33 Å². The molecule has 2 aromatic heterocycles. The molecule has 9 heteroatoms. The second kappa shape index (κ2) is 7.45. The van der Waals surface area contributed by atoms with Gasteiger partial charge in [0.1, 0.15) is 12.8 Å². The quantitative estimate of drug-likeness (QED) is 0.749. The summed E-state index contributed by atoms with van der Waals surface area (Å²) in [6.45, 7) is 6.33. The van der Waals surface area contributed by atoms with E-state index in [1.54, 1.807) is 13.4 Å². The lowest BCUT2D eigenvalue weighted by atomic mass is 10.1. The first-order valence-electron chi connectivity index (χ1n) is 8.88. The molecule has 0 spiro atoms. The van der Waals surface area contributed by atoms with Crippen molar-refractivity contribution < 1.29 is 14.3 Å². The lowest BCUT2D eigenvalue weighted by Gasteiger charge is -2.18. The molecule has 26 heavy (non-hydrogen) atoms. The molecule has 1 aliphatic heterocycles. The molecular formula is C17H26N6O3. The van der Waals surface area contributed by atoms with E-state index in [0.717, 1.165) is 6.42 Å². The fraction of sp³-hybridized carbons (Fsp3) is 0.647. The normalized spacial score (nSPS) is 22.9. The van der Waals surface area contributed by atoms with Gasteiger partial charge in [-0.1, -0.05) is 20.8 Å². The molecule has 3 unspecified atom stereocenters. The summed E-state index contributed by atoms with van der Waals surface area (Å²) in [5.41, 5.74) is 7.07. The lowest BCUT2D eigenvalue weighted by molar-refractivity contribution is -0.149. The van der Waals surface area contributed by atoms with Crippen LogP contribution in [-0.2, 0) is 14.3 Å². The Morgan fingerprint density at radius 3 is 2.96 bits per heavy atom. The third-order valence-corrected chi connectivity index (χ3v) is 4.41. The summed E-state index contributed by atoms with van der Waals surface area (Å²) in [7, 11) is 1.76. The van der Waals surface area contributed by atoms with E-state index in [1.165, 1.54) is 0 Å². The predicted molar refractivity (Wildman–Crippen MR) is 97.4 cm³/mol. The number of esters is 1. The van der Waals surface area contributed by atoms with E-state index in [1.807, 2.05) is 18.4 Å². The number of hydrogen-bond acceptors (Lipinski definition) is 8. The second-order valence-corrected chi connectivity index (χ2v) is 7.15. The largest absolute Gasteiger partial charge is 0.463 e. The highest BCUT2D eigenvalue weighted by atomic mass is 16.6. The van der Waals surface area contributed by atoms with Crippen LogP contribution in [-0.4, -0.2) is 45.2 Å². The summed E-state index contributed by atoms with van der Waals surface area (Å²) in [5.74, 6) is 1.06. The summed E-state index contributed by atoms with van der Waals surface area (Å²) >= 11 is 0.